The smallest absolute Gasteiger partial charge is 0.125 e. The Morgan fingerprint density at radius 2 is 2.19 bits per heavy atom. The average molecular weight is 241 g/mol. The maximum atomic E-state index is 4.34. The van der Waals surface area contributed by atoms with Gasteiger partial charge in [0.1, 0.15) is 5.82 Å². The maximum Gasteiger partial charge on any atom is 0.125 e. The Balaban J connectivity index is 2.16. The van der Waals surface area contributed by atoms with E-state index in [1.807, 2.05) is 31.2 Å². The zero-order chi connectivity index (χ0) is 12.0. The lowest BCUT2D eigenvalue weighted by atomic mass is 10.3. The van der Waals surface area contributed by atoms with Crippen molar-refractivity contribution in [3.05, 3.63) is 18.2 Å². The van der Waals surface area contributed by atoms with Crippen LogP contribution in [0.2, 0.25) is 0 Å². The fraction of sp³-hybridized carbons (Fsp3) is 0.750. The first-order valence-corrected chi connectivity index (χ1v) is 7.05. The molecule has 0 aliphatic rings. The summed E-state index contributed by atoms with van der Waals surface area (Å²) in [6, 6.07) is 0.333. The van der Waals surface area contributed by atoms with Crippen molar-refractivity contribution in [2.45, 2.75) is 26.8 Å². The third-order valence-electron chi connectivity index (χ3n) is 2.39. The lowest BCUT2D eigenvalue weighted by Gasteiger charge is -2.13. The summed E-state index contributed by atoms with van der Waals surface area (Å²) in [7, 11) is 2.04. The van der Waals surface area contributed by atoms with E-state index >= 15 is 0 Å². The molecule has 0 radical (unpaired) electrons. The van der Waals surface area contributed by atoms with Gasteiger partial charge in [-0.1, -0.05) is 13.8 Å². The second kappa shape index (κ2) is 6.97. The van der Waals surface area contributed by atoms with E-state index in [2.05, 4.69) is 35.6 Å². The third kappa shape index (κ3) is 4.58. The van der Waals surface area contributed by atoms with Crippen LogP contribution in [0.3, 0.4) is 0 Å². The van der Waals surface area contributed by atoms with Crippen LogP contribution in [0.15, 0.2) is 12.4 Å². The highest BCUT2D eigenvalue weighted by atomic mass is 32.2. The van der Waals surface area contributed by atoms with E-state index in [4.69, 9.17) is 0 Å². The lowest BCUT2D eigenvalue weighted by Crippen LogP contribution is -2.23. The Bertz CT molecular complexity index is 296. The predicted octanol–water partition coefficient (Wildman–Crippen LogP) is 2.46. The molecule has 0 amide bonds. The molecule has 92 valence electrons. The van der Waals surface area contributed by atoms with Crippen LogP contribution in [0.1, 0.15) is 32.6 Å². The first kappa shape index (κ1) is 13.6. The van der Waals surface area contributed by atoms with Crippen molar-refractivity contribution in [2.24, 2.45) is 13.0 Å². The molecule has 1 unspecified atom stereocenters. The van der Waals surface area contributed by atoms with Crippen molar-refractivity contribution in [2.75, 3.05) is 18.1 Å². The lowest BCUT2D eigenvalue weighted by molar-refractivity contribution is 0.550. The number of hydrogen-bond acceptors (Lipinski definition) is 3. The van der Waals surface area contributed by atoms with Gasteiger partial charge in [0.25, 0.3) is 0 Å². The van der Waals surface area contributed by atoms with E-state index in [1.165, 1.54) is 11.5 Å². The fourth-order valence-electron chi connectivity index (χ4n) is 1.55. The Morgan fingerprint density at radius 1 is 1.44 bits per heavy atom. The molecule has 0 saturated carbocycles. The summed E-state index contributed by atoms with van der Waals surface area (Å²) >= 11 is 2.02. The van der Waals surface area contributed by atoms with E-state index in [0.717, 1.165) is 18.3 Å². The summed E-state index contributed by atoms with van der Waals surface area (Å²) < 4.78 is 2.07. The van der Waals surface area contributed by atoms with Gasteiger partial charge in [0, 0.05) is 31.7 Å². The number of aromatic nitrogens is 2. The van der Waals surface area contributed by atoms with Crippen molar-refractivity contribution in [3.63, 3.8) is 0 Å². The molecular weight excluding hydrogens is 218 g/mol. The number of thioether (sulfide) groups is 1. The highest BCUT2D eigenvalue weighted by Crippen LogP contribution is 2.09. The Kier molecular flexibility index (Phi) is 5.91. The first-order chi connectivity index (χ1) is 7.61. The van der Waals surface area contributed by atoms with Crippen LogP contribution < -0.4 is 5.32 Å². The van der Waals surface area contributed by atoms with Gasteiger partial charge in [-0.25, -0.2) is 4.98 Å². The van der Waals surface area contributed by atoms with Gasteiger partial charge in [-0.3, -0.25) is 0 Å². The monoisotopic (exact) mass is 241 g/mol. The molecule has 0 aliphatic carbocycles. The highest BCUT2D eigenvalue weighted by Gasteiger charge is 2.08. The zero-order valence-electron chi connectivity index (χ0n) is 10.7. The van der Waals surface area contributed by atoms with Gasteiger partial charge >= 0.3 is 0 Å². The summed E-state index contributed by atoms with van der Waals surface area (Å²) in [5.74, 6) is 4.32. The molecule has 1 N–H and O–H groups in total. The molecule has 1 atom stereocenters. The first-order valence-electron chi connectivity index (χ1n) is 5.89. The highest BCUT2D eigenvalue weighted by molar-refractivity contribution is 7.99. The molecule has 0 fully saturated rings. The van der Waals surface area contributed by atoms with Gasteiger partial charge in [-0.2, -0.15) is 11.8 Å². The van der Waals surface area contributed by atoms with Crippen molar-refractivity contribution < 1.29 is 0 Å². The SMILES string of the molecule is CC(C)CSCCNC(C)c1nccn1C. The molecule has 4 heteroatoms. The van der Waals surface area contributed by atoms with Crippen LogP contribution in [0, 0.1) is 5.92 Å². The molecule has 1 heterocycles. The summed E-state index contributed by atoms with van der Waals surface area (Å²) in [6.07, 6.45) is 3.84. The second-order valence-electron chi connectivity index (χ2n) is 4.54. The minimum atomic E-state index is 0.333. The summed E-state index contributed by atoms with van der Waals surface area (Å²) in [5.41, 5.74) is 0. The van der Waals surface area contributed by atoms with Crippen molar-refractivity contribution in [3.8, 4) is 0 Å². The second-order valence-corrected chi connectivity index (χ2v) is 5.69. The van der Waals surface area contributed by atoms with Crippen molar-refractivity contribution >= 4 is 11.8 Å². The van der Waals surface area contributed by atoms with E-state index < -0.39 is 0 Å². The molecule has 1 aromatic rings. The van der Waals surface area contributed by atoms with Gasteiger partial charge in [0.15, 0.2) is 0 Å². The van der Waals surface area contributed by atoms with E-state index in [0.29, 0.717) is 6.04 Å². The molecule has 0 aromatic carbocycles. The molecule has 0 aliphatic heterocycles. The van der Waals surface area contributed by atoms with Crippen molar-refractivity contribution in [1.82, 2.24) is 14.9 Å². The number of imidazole rings is 1. The summed E-state index contributed by atoms with van der Waals surface area (Å²) in [6.45, 7) is 7.73. The van der Waals surface area contributed by atoms with E-state index in [1.54, 1.807) is 0 Å². The van der Waals surface area contributed by atoms with Crippen LogP contribution in [0.5, 0.6) is 0 Å². The Labute approximate surface area is 103 Å². The number of nitrogens with one attached hydrogen (secondary N) is 1. The average Bonchev–Trinajstić information content (AvgIpc) is 2.63. The molecular formula is C12H23N3S. The van der Waals surface area contributed by atoms with Crippen LogP contribution in [0.4, 0.5) is 0 Å². The fourth-order valence-corrected chi connectivity index (χ4v) is 2.45. The largest absolute Gasteiger partial charge is 0.337 e. The maximum absolute atomic E-state index is 4.34. The Hall–Kier alpha value is -0.480. The van der Waals surface area contributed by atoms with Gasteiger partial charge < -0.3 is 9.88 Å². The number of hydrogen-bond donors (Lipinski definition) is 1. The van der Waals surface area contributed by atoms with Gasteiger partial charge in [0.2, 0.25) is 0 Å². The van der Waals surface area contributed by atoms with Crippen LogP contribution in [-0.4, -0.2) is 27.6 Å². The van der Waals surface area contributed by atoms with Gasteiger partial charge in [0.05, 0.1) is 6.04 Å². The summed E-state index contributed by atoms with van der Waals surface area (Å²) in [4.78, 5) is 4.34. The normalized spacial score (nSPS) is 13.3. The molecule has 16 heavy (non-hydrogen) atoms. The minimum Gasteiger partial charge on any atom is -0.337 e. The quantitative estimate of drug-likeness (QED) is 0.744. The standard InChI is InChI=1S/C12H23N3S/c1-10(2)9-16-8-6-13-11(3)12-14-5-7-15(12)4/h5,7,10-11,13H,6,8-9H2,1-4H3. The van der Waals surface area contributed by atoms with Crippen LogP contribution in [-0.2, 0) is 7.05 Å². The molecule has 3 nitrogen and oxygen atoms in total. The van der Waals surface area contributed by atoms with Gasteiger partial charge in [-0.05, 0) is 18.6 Å². The van der Waals surface area contributed by atoms with E-state index in [-0.39, 0.29) is 0 Å². The topological polar surface area (TPSA) is 29.9 Å². The van der Waals surface area contributed by atoms with Gasteiger partial charge in [-0.15, -0.1) is 0 Å². The summed E-state index contributed by atoms with van der Waals surface area (Å²) in [5, 5.41) is 3.50. The number of aryl methyl sites for hydroxylation is 1. The van der Waals surface area contributed by atoms with Crippen molar-refractivity contribution in [1.29, 1.82) is 0 Å². The molecule has 1 aromatic heterocycles. The number of nitrogens with zero attached hydrogens (tertiary/aromatic N) is 2. The zero-order valence-corrected chi connectivity index (χ0v) is 11.5. The molecule has 0 bridgehead atoms. The number of rotatable bonds is 7. The minimum absolute atomic E-state index is 0.333. The predicted molar refractivity (Wildman–Crippen MR) is 71.8 cm³/mol. The third-order valence-corrected chi connectivity index (χ3v) is 3.79. The van der Waals surface area contributed by atoms with Crippen LogP contribution in [0.25, 0.3) is 0 Å². The molecule has 1 rings (SSSR count). The van der Waals surface area contributed by atoms with E-state index in [9.17, 15) is 0 Å². The van der Waals surface area contributed by atoms with Crippen LogP contribution >= 0.6 is 11.8 Å². The molecule has 0 spiro atoms. The Morgan fingerprint density at radius 3 is 2.75 bits per heavy atom. The molecule has 0 saturated heterocycles.